The fraction of sp³-hybridized carbons (Fsp3) is 0.188. The summed E-state index contributed by atoms with van der Waals surface area (Å²) >= 11 is 5.84. The fourth-order valence-corrected chi connectivity index (χ4v) is 2.22. The van der Waals surface area contributed by atoms with Crippen LogP contribution in [0.4, 0.5) is 29.3 Å². The highest BCUT2D eigenvalue weighted by Crippen LogP contribution is 2.33. The van der Waals surface area contributed by atoms with Gasteiger partial charge in [-0.2, -0.15) is 13.2 Å². The predicted octanol–water partition coefficient (Wildman–Crippen LogP) is 4.50. The van der Waals surface area contributed by atoms with Gasteiger partial charge in [-0.05, 0) is 48.9 Å². The number of carbonyl (C=O) groups is 1. The number of hydrogen-bond donors (Lipinski definition) is 3. The van der Waals surface area contributed by atoms with Crippen molar-refractivity contribution in [1.29, 1.82) is 0 Å². The van der Waals surface area contributed by atoms with E-state index in [0.29, 0.717) is 18.7 Å². The summed E-state index contributed by atoms with van der Waals surface area (Å²) in [6.45, 7) is 0.468. The van der Waals surface area contributed by atoms with Crippen LogP contribution < -0.4 is 16.4 Å². The summed E-state index contributed by atoms with van der Waals surface area (Å²) in [5.41, 5.74) is 5.89. The Bertz CT molecular complexity index is 735. The molecule has 4 nitrogen and oxygen atoms in total. The molecule has 0 saturated heterocycles. The van der Waals surface area contributed by atoms with E-state index in [1.54, 1.807) is 18.2 Å². The maximum atomic E-state index is 12.7. The minimum absolute atomic E-state index is 0.00929. The highest BCUT2D eigenvalue weighted by atomic mass is 35.5. The van der Waals surface area contributed by atoms with Gasteiger partial charge in [0, 0.05) is 5.69 Å². The number of rotatable bonds is 4. The van der Waals surface area contributed by atoms with Crippen molar-refractivity contribution in [1.82, 2.24) is 0 Å². The maximum Gasteiger partial charge on any atom is 0.416 e. The van der Waals surface area contributed by atoms with E-state index >= 15 is 0 Å². The van der Waals surface area contributed by atoms with E-state index < -0.39 is 17.8 Å². The lowest BCUT2D eigenvalue weighted by atomic mass is 10.1. The molecule has 0 aliphatic heterocycles. The number of alkyl halides is 3. The van der Waals surface area contributed by atoms with E-state index in [-0.39, 0.29) is 10.7 Å². The van der Waals surface area contributed by atoms with Gasteiger partial charge in [0.15, 0.2) is 0 Å². The van der Waals surface area contributed by atoms with Crippen LogP contribution in [-0.4, -0.2) is 12.6 Å². The third-order valence-corrected chi connectivity index (χ3v) is 3.49. The first-order chi connectivity index (χ1) is 11.3. The Hall–Kier alpha value is -2.25. The summed E-state index contributed by atoms with van der Waals surface area (Å²) in [6.07, 6.45) is -3.87. The van der Waals surface area contributed by atoms with E-state index in [9.17, 15) is 18.0 Å². The van der Waals surface area contributed by atoms with E-state index in [4.69, 9.17) is 17.3 Å². The molecule has 0 radical (unpaired) electrons. The standard InChI is InChI=1S/C16H15ClF3N3O/c17-13-5-4-11(16(18,19)20)9-14(13)23-15(24)22-12-3-1-2-10(8-12)6-7-21/h1-5,8-9H,6-7,21H2,(H2,22,23,24). The molecular formula is C16H15ClF3N3O. The summed E-state index contributed by atoms with van der Waals surface area (Å²) in [5.74, 6) is 0. The maximum absolute atomic E-state index is 12.7. The minimum atomic E-state index is -4.52. The Balaban J connectivity index is 2.11. The van der Waals surface area contributed by atoms with Gasteiger partial charge in [-0.1, -0.05) is 23.7 Å². The molecule has 0 unspecified atom stereocenters. The summed E-state index contributed by atoms with van der Waals surface area (Å²) in [7, 11) is 0. The average Bonchev–Trinajstić information content (AvgIpc) is 2.49. The van der Waals surface area contributed by atoms with Gasteiger partial charge in [0.1, 0.15) is 0 Å². The van der Waals surface area contributed by atoms with Crippen LogP contribution in [0, 0.1) is 0 Å². The van der Waals surface area contributed by atoms with Gasteiger partial charge in [-0.15, -0.1) is 0 Å². The zero-order chi connectivity index (χ0) is 17.7. The van der Waals surface area contributed by atoms with Crippen molar-refractivity contribution in [2.45, 2.75) is 12.6 Å². The van der Waals surface area contributed by atoms with E-state index in [1.165, 1.54) is 0 Å². The van der Waals surface area contributed by atoms with Gasteiger partial charge in [0.05, 0.1) is 16.3 Å². The summed E-state index contributed by atoms with van der Waals surface area (Å²) in [5, 5.41) is 4.87. The van der Waals surface area contributed by atoms with Crippen LogP contribution in [-0.2, 0) is 12.6 Å². The monoisotopic (exact) mass is 357 g/mol. The molecule has 0 atom stereocenters. The molecule has 2 aromatic carbocycles. The molecule has 0 aromatic heterocycles. The zero-order valence-electron chi connectivity index (χ0n) is 12.5. The number of hydrogen-bond acceptors (Lipinski definition) is 2. The summed E-state index contributed by atoms with van der Waals surface area (Å²) in [6, 6.07) is 9.03. The van der Waals surface area contributed by atoms with Gasteiger partial charge in [0.2, 0.25) is 0 Å². The molecule has 2 aromatic rings. The third kappa shape index (κ3) is 4.87. The van der Waals surface area contributed by atoms with Crippen molar-refractivity contribution in [2.24, 2.45) is 5.73 Å². The topological polar surface area (TPSA) is 67.1 Å². The number of carbonyl (C=O) groups excluding carboxylic acids is 1. The second-order valence-corrected chi connectivity index (χ2v) is 5.42. The molecule has 24 heavy (non-hydrogen) atoms. The second-order valence-electron chi connectivity index (χ2n) is 5.01. The van der Waals surface area contributed by atoms with E-state index in [2.05, 4.69) is 10.6 Å². The first kappa shape index (κ1) is 18.1. The number of nitrogens with one attached hydrogen (secondary N) is 2. The number of anilines is 2. The molecular weight excluding hydrogens is 343 g/mol. The van der Waals surface area contributed by atoms with Gasteiger partial charge >= 0.3 is 12.2 Å². The number of nitrogens with two attached hydrogens (primary N) is 1. The molecule has 0 bridgehead atoms. The van der Waals surface area contributed by atoms with Gasteiger partial charge in [-0.3, -0.25) is 0 Å². The molecule has 0 fully saturated rings. The van der Waals surface area contributed by atoms with Crippen LogP contribution in [0.5, 0.6) is 0 Å². The van der Waals surface area contributed by atoms with Crippen molar-refractivity contribution in [3.05, 3.63) is 58.6 Å². The lowest BCUT2D eigenvalue weighted by Gasteiger charge is -2.12. The Labute approximate surface area is 141 Å². The average molecular weight is 358 g/mol. The first-order valence-electron chi connectivity index (χ1n) is 7.03. The lowest BCUT2D eigenvalue weighted by molar-refractivity contribution is -0.137. The Morgan fingerprint density at radius 1 is 1.12 bits per heavy atom. The largest absolute Gasteiger partial charge is 0.416 e. The molecule has 2 amide bonds. The number of benzene rings is 2. The molecule has 0 aliphatic carbocycles. The van der Waals surface area contributed by atoms with Crippen molar-refractivity contribution >= 4 is 29.0 Å². The van der Waals surface area contributed by atoms with Crippen LogP contribution in [0.25, 0.3) is 0 Å². The number of halogens is 4. The van der Waals surface area contributed by atoms with Crippen molar-refractivity contribution < 1.29 is 18.0 Å². The molecule has 0 aliphatic rings. The van der Waals surface area contributed by atoms with Gasteiger partial charge < -0.3 is 16.4 Å². The lowest BCUT2D eigenvalue weighted by Crippen LogP contribution is -2.20. The fourth-order valence-electron chi connectivity index (χ4n) is 2.05. The molecule has 8 heteroatoms. The van der Waals surface area contributed by atoms with Crippen LogP contribution in [0.1, 0.15) is 11.1 Å². The normalized spacial score (nSPS) is 11.2. The molecule has 4 N–H and O–H groups in total. The second kappa shape index (κ2) is 7.55. The van der Waals surface area contributed by atoms with Gasteiger partial charge in [-0.25, -0.2) is 4.79 Å². The Morgan fingerprint density at radius 2 is 1.88 bits per heavy atom. The molecule has 2 rings (SSSR count). The Kier molecular flexibility index (Phi) is 5.69. The van der Waals surface area contributed by atoms with E-state index in [0.717, 1.165) is 23.8 Å². The van der Waals surface area contributed by atoms with Crippen molar-refractivity contribution in [2.75, 3.05) is 17.2 Å². The van der Waals surface area contributed by atoms with Crippen LogP contribution in [0.2, 0.25) is 5.02 Å². The quantitative estimate of drug-likeness (QED) is 0.754. The van der Waals surface area contributed by atoms with Gasteiger partial charge in [0.25, 0.3) is 0 Å². The molecule has 0 heterocycles. The predicted molar refractivity (Wildman–Crippen MR) is 88.3 cm³/mol. The van der Waals surface area contributed by atoms with E-state index in [1.807, 2.05) is 6.07 Å². The minimum Gasteiger partial charge on any atom is -0.330 e. The highest BCUT2D eigenvalue weighted by Gasteiger charge is 2.31. The SMILES string of the molecule is NCCc1cccc(NC(=O)Nc2cc(C(F)(F)F)ccc2Cl)c1. The number of amides is 2. The van der Waals surface area contributed by atoms with Crippen molar-refractivity contribution in [3.8, 4) is 0 Å². The summed E-state index contributed by atoms with van der Waals surface area (Å²) in [4.78, 5) is 12.0. The van der Waals surface area contributed by atoms with Crippen molar-refractivity contribution in [3.63, 3.8) is 0 Å². The summed E-state index contributed by atoms with van der Waals surface area (Å²) < 4.78 is 38.2. The number of urea groups is 1. The molecule has 0 saturated carbocycles. The van der Waals surface area contributed by atoms with Crippen LogP contribution >= 0.6 is 11.6 Å². The smallest absolute Gasteiger partial charge is 0.330 e. The van der Waals surface area contributed by atoms with Crippen LogP contribution in [0.15, 0.2) is 42.5 Å². The third-order valence-electron chi connectivity index (χ3n) is 3.16. The first-order valence-corrected chi connectivity index (χ1v) is 7.41. The zero-order valence-corrected chi connectivity index (χ0v) is 13.2. The molecule has 128 valence electrons. The molecule has 0 spiro atoms. The van der Waals surface area contributed by atoms with Crippen LogP contribution in [0.3, 0.4) is 0 Å². The Morgan fingerprint density at radius 3 is 2.54 bits per heavy atom. The highest BCUT2D eigenvalue weighted by molar-refractivity contribution is 6.33.